The van der Waals surface area contributed by atoms with Crippen LogP contribution in [0.1, 0.15) is 11.1 Å². The van der Waals surface area contributed by atoms with Crippen molar-refractivity contribution in [1.29, 1.82) is 0 Å². The van der Waals surface area contributed by atoms with Crippen LogP contribution in [-0.4, -0.2) is 27.0 Å². The Morgan fingerprint density at radius 3 is 1.72 bits per heavy atom. The lowest BCUT2D eigenvalue weighted by molar-refractivity contribution is -0.117. The second-order valence-corrected chi connectivity index (χ2v) is 6.79. The molecule has 160 valence electrons. The Labute approximate surface area is 185 Å². The van der Waals surface area contributed by atoms with Crippen molar-refractivity contribution >= 4 is 29.5 Å². The Balaban J connectivity index is 1.90. The molecule has 0 atom stereocenters. The number of aromatic hydroxyl groups is 2. The van der Waals surface area contributed by atoms with Crippen LogP contribution in [0.5, 0.6) is 11.5 Å². The molecule has 0 heterocycles. The SMILES string of the molecule is O=C(C=Cc1ccc(O)cc1)C(C(=O)Nc1ccccc1)=C(O)C=Cc1ccc(O)cc1. The average molecular weight is 427 g/mol. The van der Waals surface area contributed by atoms with Gasteiger partial charge in [-0.3, -0.25) is 9.59 Å². The van der Waals surface area contributed by atoms with Gasteiger partial charge in [0.2, 0.25) is 0 Å². The summed E-state index contributed by atoms with van der Waals surface area (Å²) in [6, 6.07) is 20.9. The summed E-state index contributed by atoms with van der Waals surface area (Å²) >= 11 is 0. The van der Waals surface area contributed by atoms with Gasteiger partial charge in [0.15, 0.2) is 5.78 Å². The normalized spacial score (nSPS) is 12.0. The second-order valence-electron chi connectivity index (χ2n) is 6.79. The van der Waals surface area contributed by atoms with Crippen LogP contribution < -0.4 is 5.32 Å². The number of hydrogen-bond donors (Lipinski definition) is 4. The lowest BCUT2D eigenvalue weighted by Crippen LogP contribution is -2.21. The Morgan fingerprint density at radius 2 is 1.19 bits per heavy atom. The Bertz CT molecular complexity index is 1180. The van der Waals surface area contributed by atoms with Crippen molar-refractivity contribution in [3.8, 4) is 11.5 Å². The van der Waals surface area contributed by atoms with Crippen LogP contribution >= 0.6 is 0 Å². The van der Waals surface area contributed by atoms with Crippen LogP contribution in [0, 0.1) is 0 Å². The van der Waals surface area contributed by atoms with E-state index in [9.17, 15) is 24.9 Å². The molecule has 0 aromatic heterocycles. The van der Waals surface area contributed by atoms with Gasteiger partial charge in [0.25, 0.3) is 5.91 Å². The third-order valence-electron chi connectivity index (χ3n) is 4.41. The van der Waals surface area contributed by atoms with Crippen LogP contribution in [0.15, 0.2) is 102 Å². The number of allylic oxidation sites excluding steroid dienone is 2. The molecule has 6 nitrogen and oxygen atoms in total. The number of phenols is 2. The van der Waals surface area contributed by atoms with E-state index < -0.39 is 23.0 Å². The third kappa shape index (κ3) is 6.21. The topological polar surface area (TPSA) is 107 Å². The first-order valence-electron chi connectivity index (χ1n) is 9.70. The maximum Gasteiger partial charge on any atom is 0.263 e. The van der Waals surface area contributed by atoms with Gasteiger partial charge in [0.05, 0.1) is 0 Å². The molecule has 0 fully saturated rings. The zero-order chi connectivity index (χ0) is 22.9. The molecule has 6 heteroatoms. The van der Waals surface area contributed by atoms with Gasteiger partial charge in [-0.2, -0.15) is 0 Å². The molecule has 0 bridgehead atoms. The predicted molar refractivity (Wildman–Crippen MR) is 124 cm³/mol. The number of carbonyl (C=O) groups excluding carboxylic acids is 2. The number of para-hydroxylation sites is 1. The van der Waals surface area contributed by atoms with Gasteiger partial charge in [-0.25, -0.2) is 0 Å². The summed E-state index contributed by atoms with van der Waals surface area (Å²) in [5, 5.41) is 31.9. The second kappa shape index (κ2) is 10.4. The van der Waals surface area contributed by atoms with Crippen molar-refractivity contribution in [2.75, 3.05) is 5.32 Å². The van der Waals surface area contributed by atoms with Crippen LogP contribution in [0.3, 0.4) is 0 Å². The van der Waals surface area contributed by atoms with E-state index in [-0.39, 0.29) is 11.5 Å². The van der Waals surface area contributed by atoms with Crippen molar-refractivity contribution in [2.24, 2.45) is 0 Å². The summed E-state index contributed by atoms with van der Waals surface area (Å²) in [4.78, 5) is 25.7. The summed E-state index contributed by atoms with van der Waals surface area (Å²) < 4.78 is 0. The van der Waals surface area contributed by atoms with E-state index in [4.69, 9.17) is 0 Å². The highest BCUT2D eigenvalue weighted by Gasteiger charge is 2.21. The van der Waals surface area contributed by atoms with Gasteiger partial charge in [-0.05, 0) is 59.7 Å². The predicted octanol–water partition coefficient (Wildman–Crippen LogP) is 4.84. The van der Waals surface area contributed by atoms with E-state index in [0.717, 1.165) is 0 Å². The summed E-state index contributed by atoms with van der Waals surface area (Å²) in [6.45, 7) is 0. The van der Waals surface area contributed by atoms with Crippen LogP contribution in [0.25, 0.3) is 12.2 Å². The van der Waals surface area contributed by atoms with Gasteiger partial charge >= 0.3 is 0 Å². The summed E-state index contributed by atoms with van der Waals surface area (Å²) in [6.07, 6.45) is 5.42. The number of ketones is 1. The molecule has 0 unspecified atom stereocenters. The molecule has 0 radical (unpaired) electrons. The van der Waals surface area contributed by atoms with Gasteiger partial charge in [0.1, 0.15) is 22.8 Å². The van der Waals surface area contributed by atoms with Crippen molar-refractivity contribution in [1.82, 2.24) is 0 Å². The molecule has 0 aliphatic carbocycles. The zero-order valence-electron chi connectivity index (χ0n) is 17.0. The fourth-order valence-electron chi connectivity index (χ4n) is 2.75. The number of carbonyl (C=O) groups is 2. The lowest BCUT2D eigenvalue weighted by atomic mass is 10.1. The van der Waals surface area contributed by atoms with Gasteiger partial charge in [-0.1, -0.05) is 54.6 Å². The first-order chi connectivity index (χ1) is 15.4. The fraction of sp³-hybridized carbons (Fsp3) is 0. The molecule has 0 saturated carbocycles. The quantitative estimate of drug-likeness (QED) is 0.142. The number of rotatable bonds is 7. The van der Waals surface area contributed by atoms with E-state index in [1.807, 2.05) is 0 Å². The summed E-state index contributed by atoms with van der Waals surface area (Å²) in [7, 11) is 0. The maximum atomic E-state index is 12.8. The first kappa shape index (κ1) is 22.1. The van der Waals surface area contributed by atoms with Gasteiger partial charge in [-0.15, -0.1) is 0 Å². The highest BCUT2D eigenvalue weighted by molar-refractivity contribution is 6.28. The molecule has 4 N–H and O–H groups in total. The fourth-order valence-corrected chi connectivity index (χ4v) is 2.75. The number of benzene rings is 3. The molecule has 0 saturated heterocycles. The van der Waals surface area contributed by atoms with Crippen LogP contribution in [0.4, 0.5) is 5.69 Å². The summed E-state index contributed by atoms with van der Waals surface area (Å²) in [5.74, 6) is -1.77. The Morgan fingerprint density at radius 1 is 0.688 bits per heavy atom. The Kier molecular flexibility index (Phi) is 7.22. The van der Waals surface area contributed by atoms with Crippen molar-refractivity contribution < 1.29 is 24.9 Å². The van der Waals surface area contributed by atoms with Crippen molar-refractivity contribution in [2.45, 2.75) is 0 Å². The van der Waals surface area contributed by atoms with E-state index in [2.05, 4.69) is 5.32 Å². The van der Waals surface area contributed by atoms with E-state index in [1.54, 1.807) is 54.6 Å². The maximum absolute atomic E-state index is 12.8. The van der Waals surface area contributed by atoms with Gasteiger partial charge in [0, 0.05) is 5.69 Å². The number of aliphatic hydroxyl groups is 1. The molecular weight excluding hydrogens is 406 g/mol. The molecule has 0 aliphatic heterocycles. The number of amides is 1. The van der Waals surface area contributed by atoms with E-state index in [0.29, 0.717) is 16.8 Å². The highest BCUT2D eigenvalue weighted by Crippen LogP contribution is 2.16. The molecular formula is C26H21NO5. The summed E-state index contributed by atoms with van der Waals surface area (Å²) in [5.41, 5.74) is 1.34. The van der Waals surface area contributed by atoms with Crippen molar-refractivity contribution in [3.63, 3.8) is 0 Å². The standard InChI is InChI=1S/C26H21NO5/c28-21-12-6-18(7-13-21)10-16-23(30)25(26(32)27-20-4-2-1-3-5-20)24(31)17-11-19-8-14-22(29)15-9-19/h1-17,28-30H,(H,27,32). The number of phenolic OH excluding ortho intramolecular Hbond substituents is 2. The van der Waals surface area contributed by atoms with Crippen LogP contribution in [-0.2, 0) is 9.59 Å². The minimum absolute atomic E-state index is 0.0910. The molecule has 3 aromatic carbocycles. The minimum Gasteiger partial charge on any atom is -0.508 e. The molecule has 0 aliphatic rings. The smallest absolute Gasteiger partial charge is 0.263 e. The largest absolute Gasteiger partial charge is 0.508 e. The van der Waals surface area contributed by atoms with E-state index in [1.165, 1.54) is 48.6 Å². The Hall–Kier alpha value is -4.58. The van der Waals surface area contributed by atoms with Crippen LogP contribution in [0.2, 0.25) is 0 Å². The first-order valence-corrected chi connectivity index (χ1v) is 9.70. The molecule has 3 rings (SSSR count). The molecule has 3 aromatic rings. The van der Waals surface area contributed by atoms with Crippen molar-refractivity contribution in [3.05, 3.63) is 113 Å². The van der Waals surface area contributed by atoms with Gasteiger partial charge < -0.3 is 20.6 Å². The molecule has 1 amide bonds. The minimum atomic E-state index is -0.760. The number of hydrogen-bond acceptors (Lipinski definition) is 5. The average Bonchev–Trinajstić information content (AvgIpc) is 2.79. The number of nitrogens with one attached hydrogen (secondary N) is 1. The molecule has 0 spiro atoms. The number of aliphatic hydroxyl groups excluding tert-OH is 1. The monoisotopic (exact) mass is 427 g/mol. The lowest BCUT2D eigenvalue weighted by Gasteiger charge is -2.08. The third-order valence-corrected chi connectivity index (χ3v) is 4.41. The number of anilines is 1. The highest BCUT2D eigenvalue weighted by atomic mass is 16.3. The van der Waals surface area contributed by atoms with E-state index >= 15 is 0 Å². The molecule has 32 heavy (non-hydrogen) atoms. The zero-order valence-corrected chi connectivity index (χ0v) is 17.0.